The topological polar surface area (TPSA) is 45.2 Å². The lowest BCUT2D eigenvalue weighted by Crippen LogP contribution is -2.31. The largest absolute Gasteiger partial charge is 0.310 e. The Morgan fingerprint density at radius 1 is 1.04 bits per heavy atom. The molecule has 2 aliphatic heterocycles. The molecule has 28 heavy (non-hydrogen) atoms. The van der Waals surface area contributed by atoms with E-state index in [4.69, 9.17) is 0 Å². The number of pyridine rings is 1. The highest BCUT2D eigenvalue weighted by molar-refractivity contribution is 5.92. The minimum Gasteiger partial charge on any atom is -0.310 e. The van der Waals surface area contributed by atoms with Gasteiger partial charge in [0.1, 0.15) is 5.82 Å². The molecule has 2 aromatic rings. The number of aromatic nitrogens is 1. The molecule has 4 nitrogen and oxygen atoms in total. The Balaban J connectivity index is 1.20. The molecule has 0 aliphatic carbocycles. The van der Waals surface area contributed by atoms with Crippen LogP contribution in [0.25, 0.3) is 0 Å². The standard InChI is InChI=1S/C24H31N3O/c1-2-18-7-6-8-20-17-27(16-14-22(18)20)15-5-3-4-9-21-12-10-19-11-13-23(28)26-24(19)25-21/h6-8,10,12H,2-5,9,11,13-17H2,1H3,(H,25,26,28). The number of hydrogen-bond acceptors (Lipinski definition) is 3. The van der Waals surface area contributed by atoms with Crippen LogP contribution >= 0.6 is 0 Å². The van der Waals surface area contributed by atoms with Crippen LogP contribution in [0, 0.1) is 0 Å². The quantitative estimate of drug-likeness (QED) is 0.732. The summed E-state index contributed by atoms with van der Waals surface area (Å²) in [6.07, 6.45) is 8.35. The number of benzene rings is 1. The number of fused-ring (bicyclic) bond motifs is 2. The van der Waals surface area contributed by atoms with E-state index in [1.807, 2.05) is 0 Å². The zero-order chi connectivity index (χ0) is 19.3. The minimum atomic E-state index is 0.0892. The number of unbranched alkanes of at least 4 members (excludes halogenated alkanes) is 2. The second-order valence-electron chi connectivity index (χ2n) is 8.10. The van der Waals surface area contributed by atoms with Gasteiger partial charge in [-0.25, -0.2) is 4.98 Å². The molecule has 0 bridgehead atoms. The van der Waals surface area contributed by atoms with Gasteiger partial charge in [-0.3, -0.25) is 9.69 Å². The van der Waals surface area contributed by atoms with Crippen LogP contribution in [0.2, 0.25) is 0 Å². The molecule has 0 saturated carbocycles. The van der Waals surface area contributed by atoms with Gasteiger partial charge in [-0.1, -0.05) is 37.6 Å². The van der Waals surface area contributed by atoms with Crippen molar-refractivity contribution in [3.8, 4) is 0 Å². The molecule has 0 unspecified atom stereocenters. The molecule has 148 valence electrons. The predicted molar refractivity (Wildman–Crippen MR) is 114 cm³/mol. The fraction of sp³-hybridized carbons (Fsp3) is 0.500. The molecule has 4 rings (SSSR count). The summed E-state index contributed by atoms with van der Waals surface area (Å²) in [5, 5.41) is 2.90. The second-order valence-corrected chi connectivity index (χ2v) is 8.10. The van der Waals surface area contributed by atoms with Gasteiger partial charge in [0, 0.05) is 25.2 Å². The van der Waals surface area contributed by atoms with E-state index in [9.17, 15) is 4.79 Å². The summed E-state index contributed by atoms with van der Waals surface area (Å²) in [7, 11) is 0. The van der Waals surface area contributed by atoms with Gasteiger partial charge in [-0.2, -0.15) is 0 Å². The molecular weight excluding hydrogens is 346 g/mol. The van der Waals surface area contributed by atoms with Crippen LogP contribution in [-0.4, -0.2) is 28.9 Å². The van der Waals surface area contributed by atoms with Gasteiger partial charge in [-0.15, -0.1) is 0 Å². The van der Waals surface area contributed by atoms with Crippen LogP contribution in [0.3, 0.4) is 0 Å². The number of nitrogens with zero attached hydrogens (tertiary/aromatic N) is 2. The van der Waals surface area contributed by atoms with Gasteiger partial charge < -0.3 is 5.32 Å². The highest BCUT2D eigenvalue weighted by atomic mass is 16.1. The monoisotopic (exact) mass is 377 g/mol. The van der Waals surface area contributed by atoms with Crippen LogP contribution in [0.4, 0.5) is 5.82 Å². The first-order valence-electron chi connectivity index (χ1n) is 10.8. The molecule has 1 aromatic carbocycles. The highest BCUT2D eigenvalue weighted by Gasteiger charge is 2.18. The van der Waals surface area contributed by atoms with Crippen LogP contribution in [0.1, 0.15) is 60.6 Å². The first-order chi connectivity index (χ1) is 13.7. The van der Waals surface area contributed by atoms with E-state index in [0.717, 1.165) is 43.7 Å². The average Bonchev–Trinajstić information content (AvgIpc) is 2.72. The Kier molecular flexibility index (Phi) is 6.06. The molecular formula is C24H31N3O. The number of amides is 1. The third kappa shape index (κ3) is 4.44. The van der Waals surface area contributed by atoms with E-state index in [2.05, 4.69) is 52.5 Å². The Morgan fingerprint density at radius 2 is 1.96 bits per heavy atom. The lowest BCUT2D eigenvalue weighted by atomic mass is 9.93. The minimum absolute atomic E-state index is 0.0892. The highest BCUT2D eigenvalue weighted by Crippen LogP contribution is 2.24. The van der Waals surface area contributed by atoms with Crippen molar-refractivity contribution in [1.29, 1.82) is 0 Å². The fourth-order valence-electron chi connectivity index (χ4n) is 4.51. The Morgan fingerprint density at radius 3 is 2.86 bits per heavy atom. The van der Waals surface area contributed by atoms with E-state index in [0.29, 0.717) is 6.42 Å². The second kappa shape index (κ2) is 8.87. The van der Waals surface area contributed by atoms with Crippen molar-refractivity contribution in [3.63, 3.8) is 0 Å². The van der Waals surface area contributed by atoms with E-state index < -0.39 is 0 Å². The molecule has 0 spiro atoms. The molecule has 1 N–H and O–H groups in total. The Bertz CT molecular complexity index is 846. The van der Waals surface area contributed by atoms with Crippen LogP contribution < -0.4 is 5.32 Å². The molecule has 0 saturated heterocycles. The summed E-state index contributed by atoms with van der Waals surface area (Å²) in [5.41, 5.74) is 6.93. The Hall–Kier alpha value is -2.20. The van der Waals surface area contributed by atoms with Gasteiger partial charge in [0.05, 0.1) is 0 Å². The van der Waals surface area contributed by atoms with Crippen molar-refractivity contribution in [2.45, 2.75) is 64.8 Å². The summed E-state index contributed by atoms with van der Waals surface area (Å²) >= 11 is 0. The summed E-state index contributed by atoms with van der Waals surface area (Å²) in [6.45, 7) is 5.74. The van der Waals surface area contributed by atoms with E-state index in [1.54, 1.807) is 5.56 Å². The molecule has 3 heterocycles. The van der Waals surface area contributed by atoms with E-state index >= 15 is 0 Å². The predicted octanol–water partition coefficient (Wildman–Crippen LogP) is 4.30. The van der Waals surface area contributed by atoms with Gasteiger partial charge in [0.2, 0.25) is 5.91 Å². The molecule has 4 heteroatoms. The number of carbonyl (C=O) groups excluding carboxylic acids is 1. The molecule has 2 aliphatic rings. The number of aryl methyl sites for hydroxylation is 3. The van der Waals surface area contributed by atoms with Gasteiger partial charge in [0.25, 0.3) is 0 Å². The summed E-state index contributed by atoms with van der Waals surface area (Å²) in [5.74, 6) is 0.874. The first kappa shape index (κ1) is 19.1. The fourth-order valence-corrected chi connectivity index (χ4v) is 4.51. The summed E-state index contributed by atoms with van der Waals surface area (Å²) in [4.78, 5) is 18.8. The van der Waals surface area contributed by atoms with Crippen molar-refractivity contribution in [3.05, 3.63) is 58.3 Å². The number of carbonyl (C=O) groups is 1. The van der Waals surface area contributed by atoms with Crippen molar-refractivity contribution in [2.24, 2.45) is 0 Å². The molecule has 0 fully saturated rings. The average molecular weight is 378 g/mol. The smallest absolute Gasteiger partial charge is 0.225 e. The van der Waals surface area contributed by atoms with E-state index in [1.165, 1.54) is 49.0 Å². The first-order valence-corrected chi connectivity index (χ1v) is 10.8. The lowest BCUT2D eigenvalue weighted by molar-refractivity contribution is -0.116. The summed E-state index contributed by atoms with van der Waals surface area (Å²) in [6, 6.07) is 11.1. The molecule has 1 amide bonds. The molecule has 0 radical (unpaired) electrons. The third-order valence-electron chi connectivity index (χ3n) is 6.15. The zero-order valence-electron chi connectivity index (χ0n) is 17.0. The SMILES string of the molecule is CCc1cccc2c1CCN(CCCCCc1ccc3c(n1)NC(=O)CC3)C2. The van der Waals surface area contributed by atoms with Crippen LogP contribution in [-0.2, 0) is 37.0 Å². The Labute approximate surface area is 168 Å². The van der Waals surface area contributed by atoms with Crippen molar-refractivity contribution >= 4 is 11.7 Å². The van der Waals surface area contributed by atoms with Crippen LogP contribution in [0.5, 0.6) is 0 Å². The van der Waals surface area contributed by atoms with Crippen molar-refractivity contribution in [1.82, 2.24) is 9.88 Å². The maximum atomic E-state index is 11.5. The number of anilines is 1. The van der Waals surface area contributed by atoms with Gasteiger partial charge in [0.15, 0.2) is 0 Å². The van der Waals surface area contributed by atoms with Crippen molar-refractivity contribution in [2.75, 3.05) is 18.4 Å². The molecule has 1 aromatic heterocycles. The third-order valence-corrected chi connectivity index (χ3v) is 6.15. The maximum absolute atomic E-state index is 11.5. The number of rotatable bonds is 7. The van der Waals surface area contributed by atoms with Crippen molar-refractivity contribution < 1.29 is 4.79 Å². The van der Waals surface area contributed by atoms with Gasteiger partial charge in [-0.05, 0) is 73.4 Å². The number of nitrogens with one attached hydrogen (secondary N) is 1. The summed E-state index contributed by atoms with van der Waals surface area (Å²) < 4.78 is 0. The number of hydrogen-bond donors (Lipinski definition) is 1. The van der Waals surface area contributed by atoms with Gasteiger partial charge >= 0.3 is 0 Å². The van der Waals surface area contributed by atoms with Crippen LogP contribution in [0.15, 0.2) is 30.3 Å². The lowest BCUT2D eigenvalue weighted by Gasteiger charge is -2.30. The zero-order valence-corrected chi connectivity index (χ0v) is 17.0. The molecule has 0 atom stereocenters. The maximum Gasteiger partial charge on any atom is 0.225 e. The van der Waals surface area contributed by atoms with E-state index in [-0.39, 0.29) is 5.91 Å². The normalized spacial score (nSPS) is 16.4.